The number of para-hydroxylation sites is 1. The fourth-order valence-electron chi connectivity index (χ4n) is 1.38. The third-order valence-electron chi connectivity index (χ3n) is 2.35. The van der Waals surface area contributed by atoms with Gasteiger partial charge in [0.05, 0.1) is 16.0 Å². The van der Waals surface area contributed by atoms with Gasteiger partial charge in [0.1, 0.15) is 6.04 Å². The summed E-state index contributed by atoms with van der Waals surface area (Å²) >= 11 is 2.83. The van der Waals surface area contributed by atoms with Crippen LogP contribution in [-0.4, -0.2) is 33.8 Å². The van der Waals surface area contributed by atoms with Gasteiger partial charge in [-0.1, -0.05) is 23.9 Å². The third kappa shape index (κ3) is 3.68. The van der Waals surface area contributed by atoms with E-state index in [1.165, 1.54) is 30.0 Å². The molecule has 0 aliphatic carbocycles. The number of thioether (sulfide) groups is 1. The van der Waals surface area contributed by atoms with E-state index in [9.17, 15) is 9.59 Å². The lowest BCUT2D eigenvalue weighted by Crippen LogP contribution is -2.39. The molecule has 1 atom stereocenters. The molecule has 5 nitrogen and oxygen atoms in total. The molecule has 19 heavy (non-hydrogen) atoms. The van der Waals surface area contributed by atoms with Crippen molar-refractivity contribution in [1.29, 1.82) is 0 Å². The van der Waals surface area contributed by atoms with Crippen LogP contribution in [0, 0.1) is 0 Å². The molecule has 7 heteroatoms. The van der Waals surface area contributed by atoms with Crippen molar-refractivity contribution in [1.82, 2.24) is 10.3 Å². The molecule has 1 amide bonds. The van der Waals surface area contributed by atoms with Crippen LogP contribution in [0.2, 0.25) is 0 Å². The Hall–Kier alpha value is -1.60. The van der Waals surface area contributed by atoms with Crippen molar-refractivity contribution in [3.63, 3.8) is 0 Å². The lowest BCUT2D eigenvalue weighted by atomic mass is 10.3. The predicted octanol–water partition coefficient (Wildman–Crippen LogP) is 1.98. The molecule has 1 aromatic heterocycles. The fourth-order valence-corrected chi connectivity index (χ4v) is 3.26. The van der Waals surface area contributed by atoms with Crippen LogP contribution in [0.25, 0.3) is 10.2 Å². The molecule has 0 fully saturated rings. The van der Waals surface area contributed by atoms with Crippen LogP contribution in [0.15, 0.2) is 28.6 Å². The molecule has 1 aromatic carbocycles. The first kappa shape index (κ1) is 13.8. The van der Waals surface area contributed by atoms with E-state index in [1.54, 1.807) is 0 Å². The minimum absolute atomic E-state index is 0.164. The average Bonchev–Trinajstić information content (AvgIpc) is 2.78. The van der Waals surface area contributed by atoms with Crippen molar-refractivity contribution < 1.29 is 14.7 Å². The highest BCUT2D eigenvalue weighted by Crippen LogP contribution is 2.28. The van der Waals surface area contributed by atoms with Crippen LogP contribution < -0.4 is 5.32 Å². The van der Waals surface area contributed by atoms with Gasteiger partial charge in [0.2, 0.25) is 5.91 Å². The van der Waals surface area contributed by atoms with Gasteiger partial charge >= 0.3 is 5.97 Å². The number of aromatic nitrogens is 1. The number of amides is 1. The number of carbonyl (C=O) groups is 2. The zero-order valence-corrected chi connectivity index (χ0v) is 11.8. The summed E-state index contributed by atoms with van der Waals surface area (Å²) < 4.78 is 1.88. The first-order chi connectivity index (χ1) is 9.06. The number of thiazole rings is 1. The number of carboxylic acid groups (broad SMARTS) is 1. The van der Waals surface area contributed by atoms with Crippen LogP contribution in [0.3, 0.4) is 0 Å². The van der Waals surface area contributed by atoms with Gasteiger partial charge < -0.3 is 10.4 Å². The minimum Gasteiger partial charge on any atom is -0.480 e. The summed E-state index contributed by atoms with van der Waals surface area (Å²) in [6.07, 6.45) is 0. The van der Waals surface area contributed by atoms with Crippen LogP contribution in [0.5, 0.6) is 0 Å². The Balaban J connectivity index is 1.91. The summed E-state index contributed by atoms with van der Waals surface area (Å²) in [5.74, 6) is -1.19. The molecule has 0 spiro atoms. The first-order valence-corrected chi connectivity index (χ1v) is 7.37. The Kier molecular flexibility index (Phi) is 4.39. The van der Waals surface area contributed by atoms with Gasteiger partial charge in [-0.3, -0.25) is 9.59 Å². The number of carbonyl (C=O) groups excluding carboxylic acids is 1. The third-order valence-corrected chi connectivity index (χ3v) is 4.53. The highest BCUT2D eigenvalue weighted by molar-refractivity contribution is 8.01. The average molecular weight is 296 g/mol. The zero-order chi connectivity index (χ0) is 13.8. The van der Waals surface area contributed by atoms with Crippen molar-refractivity contribution >= 4 is 45.2 Å². The van der Waals surface area contributed by atoms with E-state index in [4.69, 9.17) is 5.11 Å². The molecule has 0 aliphatic rings. The molecule has 1 unspecified atom stereocenters. The topological polar surface area (TPSA) is 79.3 Å². The SMILES string of the molecule is CC(NC(=O)CSc1nc2ccccc2s1)C(=O)O. The van der Waals surface area contributed by atoms with Crippen LogP contribution >= 0.6 is 23.1 Å². The van der Waals surface area contributed by atoms with Gasteiger partial charge in [-0.2, -0.15) is 0 Å². The summed E-state index contributed by atoms with van der Waals surface area (Å²) in [6.45, 7) is 1.43. The smallest absolute Gasteiger partial charge is 0.325 e. The molecule has 0 bridgehead atoms. The molecule has 0 aliphatic heterocycles. The van der Waals surface area contributed by atoms with Crippen molar-refractivity contribution in [2.45, 2.75) is 17.3 Å². The van der Waals surface area contributed by atoms with Crippen molar-refractivity contribution in [2.24, 2.45) is 0 Å². The quantitative estimate of drug-likeness (QED) is 0.825. The second kappa shape index (κ2) is 6.03. The molecule has 1 heterocycles. The Morgan fingerprint density at radius 3 is 2.89 bits per heavy atom. The van der Waals surface area contributed by atoms with E-state index < -0.39 is 12.0 Å². The Morgan fingerprint density at radius 1 is 1.47 bits per heavy atom. The van der Waals surface area contributed by atoms with E-state index in [1.807, 2.05) is 24.3 Å². The largest absolute Gasteiger partial charge is 0.480 e. The van der Waals surface area contributed by atoms with E-state index in [2.05, 4.69) is 10.3 Å². The summed E-state index contributed by atoms with van der Waals surface area (Å²) in [5.41, 5.74) is 0.911. The molecule has 0 saturated carbocycles. The summed E-state index contributed by atoms with van der Waals surface area (Å²) in [5, 5.41) is 11.1. The van der Waals surface area contributed by atoms with Crippen LogP contribution in [0.1, 0.15) is 6.92 Å². The first-order valence-electron chi connectivity index (χ1n) is 5.57. The van der Waals surface area contributed by atoms with Crippen molar-refractivity contribution in [2.75, 3.05) is 5.75 Å². The van der Waals surface area contributed by atoms with E-state index in [0.29, 0.717) is 0 Å². The van der Waals surface area contributed by atoms with Gasteiger partial charge in [0, 0.05) is 0 Å². The number of rotatable bonds is 5. The highest BCUT2D eigenvalue weighted by atomic mass is 32.2. The lowest BCUT2D eigenvalue weighted by molar-refractivity contribution is -0.140. The lowest BCUT2D eigenvalue weighted by Gasteiger charge is -2.07. The summed E-state index contributed by atoms with van der Waals surface area (Å²) in [7, 11) is 0. The maximum atomic E-state index is 11.5. The van der Waals surface area contributed by atoms with Gasteiger partial charge in [0.15, 0.2) is 4.34 Å². The minimum atomic E-state index is -1.04. The number of hydrogen-bond acceptors (Lipinski definition) is 5. The standard InChI is InChI=1S/C12H12N2O3S2/c1-7(11(16)17)13-10(15)6-18-12-14-8-4-2-3-5-9(8)19-12/h2-5,7H,6H2,1H3,(H,13,15)(H,16,17). The van der Waals surface area contributed by atoms with E-state index >= 15 is 0 Å². The number of nitrogens with one attached hydrogen (secondary N) is 1. The molecule has 2 aromatic rings. The monoisotopic (exact) mass is 296 g/mol. The molecule has 0 saturated heterocycles. The van der Waals surface area contributed by atoms with E-state index in [0.717, 1.165) is 14.6 Å². The summed E-state index contributed by atoms with van der Waals surface area (Å²) in [4.78, 5) is 26.5. The molecular formula is C12H12N2O3S2. The van der Waals surface area contributed by atoms with Gasteiger partial charge in [0.25, 0.3) is 0 Å². The Bertz CT molecular complexity index is 579. The normalized spacial score (nSPS) is 12.3. The second-order valence-electron chi connectivity index (χ2n) is 3.86. The van der Waals surface area contributed by atoms with E-state index in [-0.39, 0.29) is 11.7 Å². The maximum Gasteiger partial charge on any atom is 0.325 e. The second-order valence-corrected chi connectivity index (χ2v) is 6.12. The number of nitrogens with zero attached hydrogens (tertiary/aromatic N) is 1. The van der Waals surface area contributed by atoms with Gasteiger partial charge in [-0.05, 0) is 19.1 Å². The molecule has 2 rings (SSSR count). The van der Waals surface area contributed by atoms with Gasteiger partial charge in [-0.25, -0.2) is 4.98 Å². The number of aliphatic carboxylic acids is 1. The maximum absolute atomic E-state index is 11.5. The van der Waals surface area contributed by atoms with Gasteiger partial charge in [-0.15, -0.1) is 11.3 Å². The van der Waals surface area contributed by atoms with Crippen LogP contribution in [0.4, 0.5) is 0 Å². The fraction of sp³-hybridized carbons (Fsp3) is 0.250. The Morgan fingerprint density at radius 2 is 2.21 bits per heavy atom. The number of hydrogen-bond donors (Lipinski definition) is 2. The van der Waals surface area contributed by atoms with Crippen molar-refractivity contribution in [3.05, 3.63) is 24.3 Å². The number of benzene rings is 1. The highest BCUT2D eigenvalue weighted by Gasteiger charge is 2.14. The zero-order valence-electron chi connectivity index (χ0n) is 10.1. The molecule has 2 N–H and O–H groups in total. The number of carboxylic acids is 1. The molecular weight excluding hydrogens is 284 g/mol. The van der Waals surface area contributed by atoms with Crippen molar-refractivity contribution in [3.8, 4) is 0 Å². The Labute approximate surface area is 118 Å². The molecule has 0 radical (unpaired) electrons. The predicted molar refractivity (Wildman–Crippen MR) is 75.6 cm³/mol. The van der Waals surface area contributed by atoms with Crippen LogP contribution in [-0.2, 0) is 9.59 Å². The molecule has 100 valence electrons. The number of fused-ring (bicyclic) bond motifs is 1. The summed E-state index contributed by atoms with van der Waals surface area (Å²) in [6, 6.07) is 6.88.